The summed E-state index contributed by atoms with van der Waals surface area (Å²) in [7, 11) is -4.68. The summed E-state index contributed by atoms with van der Waals surface area (Å²) in [4.78, 5) is 19.0. The third-order valence-corrected chi connectivity index (χ3v) is 10.1. The van der Waals surface area contributed by atoms with E-state index in [-0.39, 0.29) is 53.6 Å². The van der Waals surface area contributed by atoms with Crippen LogP contribution < -0.4 is 9.46 Å². The Kier molecular flexibility index (Phi) is 9.07. The molecular formula is C27H35N5O7S2. The Hall–Kier alpha value is -3.46. The number of sulfonamides is 2. The molecule has 0 aliphatic carbocycles. The fourth-order valence-electron chi connectivity index (χ4n) is 4.57. The molecule has 0 fully saturated rings. The Balaban J connectivity index is 1.68. The lowest BCUT2D eigenvalue weighted by Crippen LogP contribution is -2.48. The number of nitrogens with one attached hydrogen (secondary N) is 1. The number of hydrogen-bond acceptors (Lipinski definition) is 8. The second kappa shape index (κ2) is 12.2. The molecule has 41 heavy (non-hydrogen) atoms. The third kappa shape index (κ3) is 6.89. The smallest absolute Gasteiger partial charge is 0.280 e. The molecule has 0 saturated heterocycles. The highest BCUT2D eigenvalue weighted by Gasteiger charge is 2.33. The van der Waals surface area contributed by atoms with E-state index in [4.69, 9.17) is 4.74 Å². The molecule has 3 atom stereocenters. The zero-order chi connectivity index (χ0) is 29.9. The van der Waals surface area contributed by atoms with Crippen LogP contribution in [0.4, 0.5) is 5.69 Å². The molecule has 0 unspecified atom stereocenters. The lowest BCUT2D eigenvalue weighted by Gasteiger charge is -2.33. The molecule has 4 rings (SSSR count). The largest absolute Gasteiger partial charge is 0.488 e. The molecule has 0 radical (unpaired) electrons. The van der Waals surface area contributed by atoms with Crippen LogP contribution in [0.3, 0.4) is 0 Å². The monoisotopic (exact) mass is 605 g/mol. The van der Waals surface area contributed by atoms with Crippen LogP contribution in [0.5, 0.6) is 5.75 Å². The van der Waals surface area contributed by atoms with Gasteiger partial charge in [0.2, 0.25) is 15.9 Å². The van der Waals surface area contributed by atoms with E-state index in [1.165, 1.54) is 52.7 Å². The van der Waals surface area contributed by atoms with E-state index in [0.29, 0.717) is 11.3 Å². The highest BCUT2D eigenvalue weighted by molar-refractivity contribution is 7.92. The molecule has 1 aliphatic rings. The minimum Gasteiger partial charge on any atom is -0.488 e. The summed E-state index contributed by atoms with van der Waals surface area (Å²) in [6.45, 7) is 3.53. The molecule has 2 N–H and O–H groups in total. The lowest BCUT2D eigenvalue weighted by atomic mass is 10.0. The van der Waals surface area contributed by atoms with Crippen molar-refractivity contribution in [2.75, 3.05) is 31.5 Å². The fourth-order valence-corrected chi connectivity index (χ4v) is 6.81. The number of likely N-dealkylation sites (N-methyl/N-ethyl adjacent to an activating group) is 1. The van der Waals surface area contributed by atoms with Gasteiger partial charge in [0.05, 0.1) is 36.8 Å². The average Bonchev–Trinajstić information content (AvgIpc) is 3.40. The lowest BCUT2D eigenvalue weighted by molar-refractivity contribution is -0.134. The SMILES string of the molecule is C[C@@H]1CN([C@H](C)CO)C(=O)Cc2cc(NS(=O)(=O)c3cn(C)cn3)ccc2O[C@H]1CN(C)S(=O)(=O)c1ccccc1. The molecule has 3 aromatic rings. The molecule has 222 valence electrons. The van der Waals surface area contributed by atoms with E-state index in [1.54, 1.807) is 43.1 Å². The summed E-state index contributed by atoms with van der Waals surface area (Å²) in [5, 5.41) is 9.69. The number of ether oxygens (including phenoxy) is 1. The van der Waals surface area contributed by atoms with E-state index in [2.05, 4.69) is 9.71 Å². The van der Waals surface area contributed by atoms with Crippen molar-refractivity contribution in [1.29, 1.82) is 0 Å². The summed E-state index contributed by atoms with van der Waals surface area (Å²) < 4.78 is 63.8. The Labute approximate surface area is 240 Å². The molecule has 2 heterocycles. The summed E-state index contributed by atoms with van der Waals surface area (Å²) in [6.07, 6.45) is 1.95. The standard InChI is InChI=1S/C27H35N5O7S2/c1-19-14-32(20(2)17-33)27(34)13-21-12-22(29-40(35,36)26-16-30(3)18-28-26)10-11-24(21)39-25(19)15-31(4)41(37,38)23-8-6-5-7-9-23/h5-12,16,18-20,25,29,33H,13-15,17H2,1-4H3/t19-,20-,25+/m1/s1. The van der Waals surface area contributed by atoms with Crippen molar-refractivity contribution in [3.8, 4) is 5.75 Å². The van der Waals surface area contributed by atoms with Crippen molar-refractivity contribution in [1.82, 2.24) is 18.8 Å². The third-order valence-electron chi connectivity index (χ3n) is 7.01. The van der Waals surface area contributed by atoms with Crippen molar-refractivity contribution in [2.45, 2.75) is 42.3 Å². The number of amides is 1. The van der Waals surface area contributed by atoms with E-state index in [0.717, 1.165) is 0 Å². The second-order valence-corrected chi connectivity index (χ2v) is 14.0. The zero-order valence-corrected chi connectivity index (χ0v) is 25.0. The molecule has 12 nitrogen and oxygen atoms in total. The summed E-state index contributed by atoms with van der Waals surface area (Å²) in [5.74, 6) is -0.270. The van der Waals surface area contributed by atoms with E-state index >= 15 is 0 Å². The van der Waals surface area contributed by atoms with Gasteiger partial charge in [0.15, 0.2) is 5.03 Å². The molecule has 0 bridgehead atoms. The van der Waals surface area contributed by atoms with Gasteiger partial charge in [-0.3, -0.25) is 9.52 Å². The van der Waals surface area contributed by atoms with Crippen molar-refractivity contribution < 1.29 is 31.5 Å². The van der Waals surface area contributed by atoms with Crippen LogP contribution >= 0.6 is 0 Å². The molecule has 2 aromatic carbocycles. The number of aryl methyl sites for hydroxylation is 1. The molecule has 14 heteroatoms. The number of rotatable bonds is 9. The normalized spacial score (nSPS) is 19.1. The van der Waals surface area contributed by atoms with Gasteiger partial charge in [-0.25, -0.2) is 13.4 Å². The maximum absolute atomic E-state index is 13.4. The number of aliphatic hydroxyl groups is 1. The molecular weight excluding hydrogens is 570 g/mol. The van der Waals surface area contributed by atoms with Crippen LogP contribution in [0.1, 0.15) is 19.4 Å². The average molecular weight is 606 g/mol. The van der Waals surface area contributed by atoms with Crippen molar-refractivity contribution >= 4 is 31.6 Å². The minimum atomic E-state index is -3.99. The summed E-state index contributed by atoms with van der Waals surface area (Å²) in [5.41, 5.74) is 0.624. The van der Waals surface area contributed by atoms with Crippen LogP contribution in [-0.4, -0.2) is 85.5 Å². The first kappa shape index (κ1) is 30.5. The highest BCUT2D eigenvalue weighted by Crippen LogP contribution is 2.30. The quantitative estimate of drug-likeness (QED) is 0.374. The molecule has 1 amide bonds. The van der Waals surface area contributed by atoms with Crippen molar-refractivity contribution in [2.24, 2.45) is 13.0 Å². The van der Waals surface area contributed by atoms with Crippen LogP contribution in [0.25, 0.3) is 0 Å². The second-order valence-electron chi connectivity index (χ2n) is 10.3. The number of nitrogens with zero attached hydrogens (tertiary/aromatic N) is 4. The van der Waals surface area contributed by atoms with Gasteiger partial charge in [0.25, 0.3) is 10.0 Å². The van der Waals surface area contributed by atoms with Crippen LogP contribution in [0.2, 0.25) is 0 Å². The fraction of sp³-hybridized carbons (Fsp3) is 0.407. The zero-order valence-electron chi connectivity index (χ0n) is 23.3. The first-order valence-corrected chi connectivity index (χ1v) is 16.0. The predicted octanol–water partition coefficient (Wildman–Crippen LogP) is 1.69. The topological polar surface area (TPSA) is 151 Å². The van der Waals surface area contributed by atoms with Gasteiger partial charge in [0.1, 0.15) is 11.9 Å². The van der Waals surface area contributed by atoms with Crippen LogP contribution in [0.15, 0.2) is 71.0 Å². The Morgan fingerprint density at radius 1 is 1.17 bits per heavy atom. The number of hydrogen-bond donors (Lipinski definition) is 2. The Morgan fingerprint density at radius 3 is 2.51 bits per heavy atom. The van der Waals surface area contributed by atoms with Gasteiger partial charge in [-0.1, -0.05) is 25.1 Å². The summed E-state index contributed by atoms with van der Waals surface area (Å²) >= 11 is 0. The number of fused-ring (bicyclic) bond motifs is 1. The van der Waals surface area contributed by atoms with Crippen molar-refractivity contribution in [3.63, 3.8) is 0 Å². The highest BCUT2D eigenvalue weighted by atomic mass is 32.2. The van der Waals surface area contributed by atoms with Gasteiger partial charge in [-0.15, -0.1) is 0 Å². The number of carbonyl (C=O) groups is 1. The van der Waals surface area contributed by atoms with Gasteiger partial charge in [-0.2, -0.15) is 12.7 Å². The first-order chi connectivity index (χ1) is 19.3. The Morgan fingerprint density at radius 2 is 1.88 bits per heavy atom. The molecule has 1 aliphatic heterocycles. The van der Waals surface area contributed by atoms with Crippen LogP contribution in [0, 0.1) is 5.92 Å². The van der Waals surface area contributed by atoms with Gasteiger partial charge < -0.3 is 19.3 Å². The number of benzene rings is 2. The summed E-state index contributed by atoms with van der Waals surface area (Å²) in [6, 6.07) is 12.2. The van der Waals surface area contributed by atoms with Gasteiger partial charge in [-0.05, 0) is 37.3 Å². The molecule has 0 saturated carbocycles. The number of aliphatic hydroxyl groups excluding tert-OH is 1. The number of imidazole rings is 1. The van der Waals surface area contributed by atoms with E-state index in [1.807, 2.05) is 6.92 Å². The minimum absolute atomic E-state index is 0.0125. The number of aromatic nitrogens is 2. The maximum Gasteiger partial charge on any atom is 0.280 e. The first-order valence-electron chi connectivity index (χ1n) is 13.0. The van der Waals surface area contributed by atoms with E-state index < -0.39 is 32.2 Å². The van der Waals surface area contributed by atoms with Gasteiger partial charge >= 0.3 is 0 Å². The predicted molar refractivity (Wildman–Crippen MR) is 152 cm³/mol. The maximum atomic E-state index is 13.4. The molecule has 0 spiro atoms. The molecule has 1 aromatic heterocycles. The van der Waals surface area contributed by atoms with Crippen LogP contribution in [-0.2, 0) is 38.3 Å². The van der Waals surface area contributed by atoms with Gasteiger partial charge in [0, 0.05) is 44.0 Å². The van der Waals surface area contributed by atoms with Crippen molar-refractivity contribution in [3.05, 3.63) is 66.6 Å². The number of carbonyl (C=O) groups excluding carboxylic acids is 1. The van der Waals surface area contributed by atoms with E-state index in [9.17, 15) is 26.7 Å². The Bertz CT molecular complexity index is 1590. The number of anilines is 1.